The van der Waals surface area contributed by atoms with E-state index in [4.69, 9.17) is 0 Å². The fourth-order valence-corrected chi connectivity index (χ4v) is 2.97. The van der Waals surface area contributed by atoms with Crippen molar-refractivity contribution < 1.29 is 9.90 Å². The lowest BCUT2D eigenvalue weighted by Crippen LogP contribution is -2.23. The van der Waals surface area contributed by atoms with Crippen LogP contribution >= 0.6 is 11.3 Å². The van der Waals surface area contributed by atoms with Crippen molar-refractivity contribution in [3.63, 3.8) is 0 Å². The third kappa shape index (κ3) is 3.22. The second kappa shape index (κ2) is 6.13. The van der Waals surface area contributed by atoms with Crippen molar-refractivity contribution in [1.82, 2.24) is 20.2 Å². The highest BCUT2D eigenvalue weighted by molar-refractivity contribution is 7.08. The number of carboxylic acid groups (broad SMARTS) is 1. The molecule has 0 saturated heterocycles. The molecule has 0 aliphatic carbocycles. The molecule has 0 aromatic carbocycles. The Morgan fingerprint density at radius 3 is 2.75 bits per heavy atom. The van der Waals surface area contributed by atoms with Crippen LogP contribution in [0, 0.1) is 18.8 Å². The summed E-state index contributed by atoms with van der Waals surface area (Å²) in [6.07, 6.45) is 0.608. The molecular weight excluding hydrogens is 276 g/mol. The molecule has 0 fully saturated rings. The quantitative estimate of drug-likeness (QED) is 0.885. The Morgan fingerprint density at radius 2 is 2.20 bits per heavy atom. The number of hydrogen-bond donors (Lipinski definition) is 1. The molecule has 2 aromatic rings. The summed E-state index contributed by atoms with van der Waals surface area (Å²) in [6, 6.07) is 0. The zero-order valence-corrected chi connectivity index (χ0v) is 12.6. The first kappa shape index (κ1) is 14.6. The van der Waals surface area contributed by atoms with E-state index in [1.54, 1.807) is 16.0 Å². The van der Waals surface area contributed by atoms with Crippen LogP contribution in [-0.4, -0.2) is 31.3 Å². The van der Waals surface area contributed by atoms with E-state index in [1.165, 1.54) is 0 Å². The summed E-state index contributed by atoms with van der Waals surface area (Å²) in [4.78, 5) is 11.3. The molecule has 0 aliphatic rings. The largest absolute Gasteiger partial charge is 0.481 e. The number of aromatic nitrogens is 4. The standard InChI is InChI=1S/C13H18N4O2S/c1-8(2)4-10(13(18)19)5-17-12(14-15-16-17)11-7-20-6-9(11)3/h6-8,10H,4-5H2,1-3H3,(H,18,19). The smallest absolute Gasteiger partial charge is 0.308 e. The van der Waals surface area contributed by atoms with Crippen molar-refractivity contribution in [1.29, 1.82) is 0 Å². The molecule has 0 radical (unpaired) electrons. The van der Waals surface area contributed by atoms with E-state index in [0.29, 0.717) is 24.7 Å². The molecule has 0 aliphatic heterocycles. The minimum Gasteiger partial charge on any atom is -0.481 e. The minimum atomic E-state index is -0.804. The van der Waals surface area contributed by atoms with Gasteiger partial charge in [0.2, 0.25) is 0 Å². The molecule has 20 heavy (non-hydrogen) atoms. The first-order valence-electron chi connectivity index (χ1n) is 6.51. The molecule has 0 saturated carbocycles. The predicted molar refractivity (Wildman–Crippen MR) is 76.4 cm³/mol. The summed E-state index contributed by atoms with van der Waals surface area (Å²) in [5.74, 6) is -0.323. The van der Waals surface area contributed by atoms with Gasteiger partial charge in [-0.2, -0.15) is 11.3 Å². The molecule has 0 bridgehead atoms. The Balaban J connectivity index is 2.24. The SMILES string of the molecule is Cc1cscc1-c1nnnn1CC(CC(C)C)C(=O)O. The highest BCUT2D eigenvalue weighted by atomic mass is 32.1. The Morgan fingerprint density at radius 1 is 1.45 bits per heavy atom. The number of aryl methyl sites for hydroxylation is 1. The van der Waals surface area contributed by atoms with E-state index in [1.807, 2.05) is 31.5 Å². The van der Waals surface area contributed by atoms with E-state index < -0.39 is 11.9 Å². The summed E-state index contributed by atoms with van der Waals surface area (Å²) in [6.45, 7) is 6.32. The van der Waals surface area contributed by atoms with Gasteiger partial charge in [-0.05, 0) is 40.6 Å². The molecule has 2 aromatic heterocycles. The number of hydrogen-bond acceptors (Lipinski definition) is 5. The van der Waals surface area contributed by atoms with Crippen molar-refractivity contribution in [2.75, 3.05) is 0 Å². The second-order valence-electron chi connectivity index (χ2n) is 5.32. The van der Waals surface area contributed by atoms with Crippen LogP contribution in [0.25, 0.3) is 11.4 Å². The van der Waals surface area contributed by atoms with Gasteiger partial charge in [-0.25, -0.2) is 4.68 Å². The van der Waals surface area contributed by atoms with Crippen molar-refractivity contribution in [3.8, 4) is 11.4 Å². The predicted octanol–water partition coefficient (Wildman–Crippen LogP) is 2.46. The number of aliphatic carboxylic acids is 1. The summed E-state index contributed by atoms with van der Waals surface area (Å²) in [5.41, 5.74) is 2.07. The number of rotatable bonds is 6. The lowest BCUT2D eigenvalue weighted by molar-refractivity contribution is -0.142. The fourth-order valence-electron chi connectivity index (χ4n) is 2.14. The van der Waals surface area contributed by atoms with Gasteiger partial charge in [0.25, 0.3) is 0 Å². The van der Waals surface area contributed by atoms with Gasteiger partial charge in [-0.15, -0.1) is 5.10 Å². The molecule has 2 rings (SSSR count). The average molecular weight is 294 g/mol. The zero-order valence-electron chi connectivity index (χ0n) is 11.8. The van der Waals surface area contributed by atoms with Crippen LogP contribution in [0.3, 0.4) is 0 Å². The summed E-state index contributed by atoms with van der Waals surface area (Å²) in [7, 11) is 0. The maximum absolute atomic E-state index is 11.3. The van der Waals surface area contributed by atoms with Crippen molar-refractivity contribution in [2.45, 2.75) is 33.7 Å². The zero-order chi connectivity index (χ0) is 14.7. The van der Waals surface area contributed by atoms with Crippen LogP contribution in [0.1, 0.15) is 25.8 Å². The minimum absolute atomic E-state index is 0.297. The number of carboxylic acids is 1. The maximum atomic E-state index is 11.3. The van der Waals surface area contributed by atoms with Crippen LogP contribution in [0.5, 0.6) is 0 Å². The van der Waals surface area contributed by atoms with E-state index >= 15 is 0 Å². The molecule has 7 heteroatoms. The monoisotopic (exact) mass is 294 g/mol. The number of thiophene rings is 1. The second-order valence-corrected chi connectivity index (χ2v) is 6.06. The van der Waals surface area contributed by atoms with E-state index in [0.717, 1.165) is 11.1 Å². The van der Waals surface area contributed by atoms with Gasteiger partial charge in [-0.3, -0.25) is 4.79 Å². The van der Waals surface area contributed by atoms with Crippen LogP contribution in [-0.2, 0) is 11.3 Å². The lowest BCUT2D eigenvalue weighted by Gasteiger charge is -2.15. The molecule has 0 amide bonds. The van der Waals surface area contributed by atoms with Crippen molar-refractivity contribution in [3.05, 3.63) is 16.3 Å². The molecule has 108 valence electrons. The van der Waals surface area contributed by atoms with Gasteiger partial charge in [0.1, 0.15) is 0 Å². The Labute approximate surface area is 121 Å². The van der Waals surface area contributed by atoms with Crippen LogP contribution in [0.15, 0.2) is 10.8 Å². The first-order valence-corrected chi connectivity index (χ1v) is 7.45. The molecule has 2 heterocycles. The molecular formula is C13H18N4O2S. The molecule has 1 N–H and O–H groups in total. The average Bonchev–Trinajstić information content (AvgIpc) is 2.96. The van der Waals surface area contributed by atoms with Gasteiger partial charge >= 0.3 is 5.97 Å². The Hall–Kier alpha value is -1.76. The summed E-state index contributed by atoms with van der Waals surface area (Å²) < 4.78 is 1.59. The summed E-state index contributed by atoms with van der Waals surface area (Å²) in [5, 5.41) is 25.0. The number of carbonyl (C=O) groups is 1. The lowest BCUT2D eigenvalue weighted by atomic mass is 9.97. The third-order valence-corrected chi connectivity index (χ3v) is 3.99. The number of tetrazole rings is 1. The van der Waals surface area contributed by atoms with Crippen LogP contribution < -0.4 is 0 Å². The van der Waals surface area contributed by atoms with Crippen molar-refractivity contribution in [2.24, 2.45) is 11.8 Å². The molecule has 0 spiro atoms. The third-order valence-electron chi connectivity index (χ3n) is 3.13. The first-order chi connectivity index (χ1) is 9.49. The van der Waals surface area contributed by atoms with E-state index in [2.05, 4.69) is 15.5 Å². The van der Waals surface area contributed by atoms with Gasteiger partial charge < -0.3 is 5.11 Å². The Bertz CT molecular complexity index is 591. The Kier molecular flexibility index (Phi) is 4.49. The van der Waals surface area contributed by atoms with Gasteiger partial charge in [-0.1, -0.05) is 13.8 Å². The maximum Gasteiger partial charge on any atom is 0.308 e. The number of nitrogens with zero attached hydrogens (tertiary/aromatic N) is 4. The van der Waals surface area contributed by atoms with Gasteiger partial charge in [0.15, 0.2) is 5.82 Å². The van der Waals surface area contributed by atoms with Gasteiger partial charge in [0.05, 0.1) is 12.5 Å². The summed E-state index contributed by atoms with van der Waals surface area (Å²) >= 11 is 1.58. The molecule has 1 unspecified atom stereocenters. The highest BCUT2D eigenvalue weighted by Gasteiger charge is 2.22. The van der Waals surface area contributed by atoms with Crippen LogP contribution in [0.2, 0.25) is 0 Å². The van der Waals surface area contributed by atoms with Crippen LogP contribution in [0.4, 0.5) is 0 Å². The van der Waals surface area contributed by atoms with E-state index in [9.17, 15) is 9.90 Å². The van der Waals surface area contributed by atoms with Gasteiger partial charge in [0, 0.05) is 10.9 Å². The fraction of sp³-hybridized carbons (Fsp3) is 0.538. The topological polar surface area (TPSA) is 80.9 Å². The highest BCUT2D eigenvalue weighted by Crippen LogP contribution is 2.25. The van der Waals surface area contributed by atoms with Crippen molar-refractivity contribution >= 4 is 17.3 Å². The van der Waals surface area contributed by atoms with E-state index in [-0.39, 0.29) is 0 Å². The molecule has 1 atom stereocenters. The normalized spacial score (nSPS) is 12.8. The molecule has 6 nitrogen and oxygen atoms in total.